The molecule has 0 radical (unpaired) electrons. The van der Waals surface area contributed by atoms with Gasteiger partial charge in [-0.25, -0.2) is 0 Å². The maximum atomic E-state index is 2.65. The van der Waals surface area contributed by atoms with Crippen LogP contribution in [-0.4, -0.2) is 24.5 Å². The summed E-state index contributed by atoms with van der Waals surface area (Å²) in [6.45, 7) is 8.52. The monoisotopic (exact) mass is 249 g/mol. The first-order chi connectivity index (χ1) is 8.83. The van der Waals surface area contributed by atoms with E-state index in [1.165, 1.54) is 64.6 Å². The summed E-state index contributed by atoms with van der Waals surface area (Å²) in [7, 11) is 0. The molecule has 2 bridgehead atoms. The highest BCUT2D eigenvalue weighted by Crippen LogP contribution is 2.45. The van der Waals surface area contributed by atoms with Crippen molar-refractivity contribution in [3.8, 4) is 0 Å². The van der Waals surface area contributed by atoms with Crippen LogP contribution in [-0.2, 0) is 0 Å². The van der Waals surface area contributed by atoms with Crippen LogP contribution in [0.25, 0.3) is 0 Å². The highest BCUT2D eigenvalue weighted by molar-refractivity contribution is 5.09. The van der Waals surface area contributed by atoms with Gasteiger partial charge in [0.1, 0.15) is 0 Å². The molecular formula is C17H31N. The molecule has 0 amide bonds. The standard InChI is InChI=1S/C17H31N/c1-3-10-18(11-4-2)12-6-5-7-16-13-15-8-9-17(16)14-15/h8-9,15-17H,3-7,10-14H2,1-2H3. The van der Waals surface area contributed by atoms with Gasteiger partial charge in [0.2, 0.25) is 0 Å². The van der Waals surface area contributed by atoms with Crippen molar-refractivity contribution in [3.05, 3.63) is 12.2 Å². The average molecular weight is 249 g/mol. The maximum Gasteiger partial charge on any atom is -0.00187 e. The Balaban J connectivity index is 1.56. The van der Waals surface area contributed by atoms with E-state index in [0.717, 1.165) is 17.8 Å². The molecule has 3 atom stereocenters. The van der Waals surface area contributed by atoms with Crippen LogP contribution >= 0.6 is 0 Å². The van der Waals surface area contributed by atoms with Gasteiger partial charge in [-0.15, -0.1) is 0 Å². The highest BCUT2D eigenvalue weighted by Gasteiger charge is 2.34. The first kappa shape index (κ1) is 14.1. The fourth-order valence-corrected chi connectivity index (χ4v) is 3.94. The van der Waals surface area contributed by atoms with Crippen LogP contribution < -0.4 is 0 Å². The van der Waals surface area contributed by atoms with Crippen LogP contribution in [0.4, 0.5) is 0 Å². The quantitative estimate of drug-likeness (QED) is 0.430. The fraction of sp³-hybridized carbons (Fsp3) is 0.882. The Morgan fingerprint density at radius 2 is 1.72 bits per heavy atom. The van der Waals surface area contributed by atoms with Crippen LogP contribution in [0.15, 0.2) is 12.2 Å². The summed E-state index contributed by atoms with van der Waals surface area (Å²) in [5, 5.41) is 0. The first-order valence-corrected chi connectivity index (χ1v) is 8.24. The Hall–Kier alpha value is -0.300. The van der Waals surface area contributed by atoms with Gasteiger partial charge in [0.15, 0.2) is 0 Å². The van der Waals surface area contributed by atoms with Gasteiger partial charge in [0.05, 0.1) is 0 Å². The highest BCUT2D eigenvalue weighted by atomic mass is 15.1. The second kappa shape index (κ2) is 7.33. The zero-order valence-corrected chi connectivity index (χ0v) is 12.4. The van der Waals surface area contributed by atoms with E-state index in [-0.39, 0.29) is 0 Å². The van der Waals surface area contributed by atoms with Crippen molar-refractivity contribution < 1.29 is 0 Å². The van der Waals surface area contributed by atoms with Gasteiger partial charge in [-0.05, 0) is 75.9 Å². The van der Waals surface area contributed by atoms with Crippen molar-refractivity contribution >= 4 is 0 Å². The van der Waals surface area contributed by atoms with E-state index in [2.05, 4.69) is 30.9 Å². The molecule has 0 saturated heterocycles. The third-order valence-electron chi connectivity index (χ3n) is 4.80. The minimum Gasteiger partial charge on any atom is -0.303 e. The maximum absolute atomic E-state index is 2.65. The molecule has 0 aromatic heterocycles. The largest absolute Gasteiger partial charge is 0.303 e. The Labute approximate surface area is 114 Å². The topological polar surface area (TPSA) is 3.24 Å². The Kier molecular flexibility index (Phi) is 5.75. The van der Waals surface area contributed by atoms with Crippen LogP contribution in [0.3, 0.4) is 0 Å². The molecule has 2 rings (SSSR count). The number of rotatable bonds is 9. The molecular weight excluding hydrogens is 218 g/mol. The molecule has 0 aromatic carbocycles. The van der Waals surface area contributed by atoms with Crippen molar-refractivity contribution in [2.45, 2.75) is 58.8 Å². The lowest BCUT2D eigenvalue weighted by molar-refractivity contribution is 0.263. The molecule has 18 heavy (non-hydrogen) atoms. The molecule has 0 heterocycles. The zero-order chi connectivity index (χ0) is 12.8. The van der Waals surface area contributed by atoms with Crippen LogP contribution in [0.5, 0.6) is 0 Å². The summed E-state index contributed by atoms with van der Waals surface area (Å²) in [6, 6.07) is 0. The predicted octanol–water partition coefficient (Wildman–Crippen LogP) is 4.49. The number of fused-ring (bicyclic) bond motifs is 2. The summed E-state index contributed by atoms with van der Waals surface area (Å²) in [5.74, 6) is 2.94. The predicted molar refractivity (Wildman–Crippen MR) is 79.7 cm³/mol. The van der Waals surface area contributed by atoms with Gasteiger partial charge in [-0.3, -0.25) is 0 Å². The van der Waals surface area contributed by atoms with Crippen molar-refractivity contribution in [1.29, 1.82) is 0 Å². The molecule has 1 heteroatoms. The van der Waals surface area contributed by atoms with Crippen molar-refractivity contribution in [3.63, 3.8) is 0 Å². The molecule has 104 valence electrons. The average Bonchev–Trinajstić information content (AvgIpc) is 2.97. The fourth-order valence-electron chi connectivity index (χ4n) is 3.94. The van der Waals surface area contributed by atoms with E-state index in [1.54, 1.807) is 0 Å². The van der Waals surface area contributed by atoms with Crippen LogP contribution in [0.1, 0.15) is 58.8 Å². The van der Waals surface area contributed by atoms with Gasteiger partial charge in [0.25, 0.3) is 0 Å². The summed E-state index contributed by atoms with van der Waals surface area (Å²) in [5.41, 5.74) is 0. The Bertz CT molecular complexity index is 252. The van der Waals surface area contributed by atoms with Gasteiger partial charge >= 0.3 is 0 Å². The Morgan fingerprint density at radius 3 is 2.28 bits per heavy atom. The molecule has 2 aliphatic carbocycles. The van der Waals surface area contributed by atoms with Crippen molar-refractivity contribution in [2.75, 3.05) is 19.6 Å². The molecule has 2 aliphatic rings. The summed E-state index contributed by atoms with van der Waals surface area (Å²) < 4.78 is 0. The number of unbranched alkanes of at least 4 members (excludes halogenated alkanes) is 1. The molecule has 0 aliphatic heterocycles. The Morgan fingerprint density at radius 1 is 0.944 bits per heavy atom. The van der Waals surface area contributed by atoms with E-state index in [0.29, 0.717) is 0 Å². The number of hydrogen-bond acceptors (Lipinski definition) is 1. The van der Waals surface area contributed by atoms with E-state index >= 15 is 0 Å². The van der Waals surface area contributed by atoms with Crippen LogP contribution in [0, 0.1) is 17.8 Å². The zero-order valence-electron chi connectivity index (χ0n) is 12.4. The van der Waals surface area contributed by atoms with E-state index in [9.17, 15) is 0 Å². The van der Waals surface area contributed by atoms with E-state index in [1.807, 2.05) is 0 Å². The molecule has 1 nitrogen and oxygen atoms in total. The molecule has 0 aromatic rings. The minimum atomic E-state index is 0.955. The summed E-state index contributed by atoms with van der Waals surface area (Å²) in [4.78, 5) is 2.65. The first-order valence-electron chi connectivity index (χ1n) is 8.24. The van der Waals surface area contributed by atoms with Crippen LogP contribution in [0.2, 0.25) is 0 Å². The van der Waals surface area contributed by atoms with E-state index in [4.69, 9.17) is 0 Å². The number of nitrogens with zero attached hydrogens (tertiary/aromatic N) is 1. The lowest BCUT2D eigenvalue weighted by Crippen LogP contribution is -2.26. The molecule has 0 N–H and O–H groups in total. The third kappa shape index (κ3) is 3.85. The van der Waals surface area contributed by atoms with Gasteiger partial charge < -0.3 is 4.90 Å². The lowest BCUT2D eigenvalue weighted by atomic mass is 9.89. The molecule has 3 unspecified atom stereocenters. The lowest BCUT2D eigenvalue weighted by Gasteiger charge is -2.22. The van der Waals surface area contributed by atoms with E-state index < -0.39 is 0 Å². The van der Waals surface area contributed by atoms with Gasteiger partial charge in [0, 0.05) is 0 Å². The molecule has 0 spiro atoms. The SMILES string of the molecule is CCCN(CCC)CCCCC1CC2C=CC1C2. The molecule has 1 saturated carbocycles. The summed E-state index contributed by atoms with van der Waals surface area (Å²) in [6.07, 6.45) is 14.9. The third-order valence-corrected chi connectivity index (χ3v) is 4.80. The van der Waals surface area contributed by atoms with Gasteiger partial charge in [-0.2, -0.15) is 0 Å². The smallest absolute Gasteiger partial charge is 0.00187 e. The van der Waals surface area contributed by atoms with Crippen molar-refractivity contribution in [2.24, 2.45) is 17.8 Å². The normalized spacial score (nSPS) is 29.6. The summed E-state index contributed by atoms with van der Waals surface area (Å²) >= 11 is 0. The number of allylic oxidation sites excluding steroid dienone is 2. The number of hydrogen-bond donors (Lipinski definition) is 0. The second-order valence-corrected chi connectivity index (χ2v) is 6.38. The van der Waals surface area contributed by atoms with Crippen molar-refractivity contribution in [1.82, 2.24) is 4.90 Å². The second-order valence-electron chi connectivity index (χ2n) is 6.38. The van der Waals surface area contributed by atoms with Gasteiger partial charge in [-0.1, -0.05) is 32.4 Å². The minimum absolute atomic E-state index is 0.955. The molecule has 1 fully saturated rings.